The van der Waals surface area contributed by atoms with Gasteiger partial charge in [-0.05, 0) is 40.5 Å². The summed E-state index contributed by atoms with van der Waals surface area (Å²) in [6, 6.07) is 14.2. The molecule has 0 saturated heterocycles. The number of hydrogen-bond acceptors (Lipinski definition) is 2. The van der Waals surface area contributed by atoms with Crippen LogP contribution in [0.3, 0.4) is 0 Å². The number of carbonyl (C=O) groups is 2. The zero-order valence-corrected chi connectivity index (χ0v) is 18.6. The third-order valence-electron chi connectivity index (χ3n) is 5.64. The van der Waals surface area contributed by atoms with Crippen molar-refractivity contribution in [1.82, 2.24) is 10.6 Å². The van der Waals surface area contributed by atoms with Gasteiger partial charge in [-0.2, -0.15) is 0 Å². The van der Waals surface area contributed by atoms with Crippen LogP contribution in [0.4, 0.5) is 0 Å². The highest BCUT2D eigenvalue weighted by Gasteiger charge is 2.19. The second kappa shape index (κ2) is 10.4. The number of benzene rings is 2. The number of halogens is 1. The number of amides is 2. The molecule has 2 amide bonds. The number of rotatable bonds is 8. The first kappa shape index (κ1) is 23.0. The molecule has 0 heterocycles. The van der Waals surface area contributed by atoms with Gasteiger partial charge in [0.2, 0.25) is 11.8 Å². The Morgan fingerprint density at radius 2 is 1.66 bits per heavy atom. The van der Waals surface area contributed by atoms with Crippen LogP contribution in [-0.2, 0) is 16.1 Å². The average Bonchev–Trinajstić information content (AvgIpc) is 2.69. The van der Waals surface area contributed by atoms with Crippen LogP contribution in [0.15, 0.2) is 42.5 Å². The van der Waals surface area contributed by atoms with Crippen molar-refractivity contribution >= 4 is 23.4 Å². The van der Waals surface area contributed by atoms with Crippen LogP contribution < -0.4 is 10.6 Å². The van der Waals surface area contributed by atoms with E-state index in [4.69, 9.17) is 11.6 Å². The zero-order chi connectivity index (χ0) is 21.6. The summed E-state index contributed by atoms with van der Waals surface area (Å²) in [5, 5.41) is 6.07. The Hall–Kier alpha value is -2.33. The van der Waals surface area contributed by atoms with Crippen LogP contribution in [-0.4, -0.2) is 18.4 Å². The van der Waals surface area contributed by atoms with Gasteiger partial charge in [0.05, 0.1) is 6.54 Å². The quantitative estimate of drug-likeness (QED) is 0.627. The standard InChI is InChI=1S/C24H31ClN2O2/c1-15(2)16(3)17(4)19-10-11-20(13-27-24(29)14-26-18(5)28)22(12-19)21-8-6-7-9-23(21)25/h6-12,15-17H,13-14H2,1-5H3,(H,26,28)(H,27,29). The summed E-state index contributed by atoms with van der Waals surface area (Å²) < 4.78 is 0. The molecule has 0 radical (unpaired) electrons. The third kappa shape index (κ3) is 6.33. The molecule has 2 aromatic carbocycles. The summed E-state index contributed by atoms with van der Waals surface area (Å²) in [6.45, 7) is 10.8. The van der Waals surface area contributed by atoms with Gasteiger partial charge in [-0.3, -0.25) is 9.59 Å². The highest BCUT2D eigenvalue weighted by atomic mass is 35.5. The average molecular weight is 415 g/mol. The smallest absolute Gasteiger partial charge is 0.239 e. The fraction of sp³-hybridized carbons (Fsp3) is 0.417. The van der Waals surface area contributed by atoms with E-state index < -0.39 is 0 Å². The van der Waals surface area contributed by atoms with Crippen molar-refractivity contribution in [2.75, 3.05) is 6.54 Å². The molecule has 0 bridgehead atoms. The molecular formula is C24H31ClN2O2. The summed E-state index contributed by atoms with van der Waals surface area (Å²) in [5.41, 5.74) is 4.22. The molecule has 29 heavy (non-hydrogen) atoms. The second-order valence-corrected chi connectivity index (χ2v) is 8.38. The van der Waals surface area contributed by atoms with E-state index in [1.807, 2.05) is 24.3 Å². The van der Waals surface area contributed by atoms with E-state index in [2.05, 4.69) is 56.5 Å². The molecule has 4 nitrogen and oxygen atoms in total. The SMILES string of the molecule is CC(=O)NCC(=O)NCc1ccc(C(C)C(C)C(C)C)cc1-c1ccccc1Cl. The molecular weight excluding hydrogens is 384 g/mol. The van der Waals surface area contributed by atoms with Gasteiger partial charge < -0.3 is 10.6 Å². The minimum absolute atomic E-state index is 0.0300. The highest BCUT2D eigenvalue weighted by molar-refractivity contribution is 6.33. The fourth-order valence-electron chi connectivity index (χ4n) is 3.30. The predicted molar refractivity (Wildman–Crippen MR) is 120 cm³/mol. The summed E-state index contributed by atoms with van der Waals surface area (Å²) in [5.74, 6) is 1.07. The molecule has 2 unspecified atom stereocenters. The zero-order valence-electron chi connectivity index (χ0n) is 17.9. The van der Waals surface area contributed by atoms with Gasteiger partial charge in [0.25, 0.3) is 0 Å². The predicted octanol–water partition coefficient (Wildman–Crippen LogP) is 5.15. The van der Waals surface area contributed by atoms with Gasteiger partial charge >= 0.3 is 0 Å². The Bertz CT molecular complexity index is 864. The minimum Gasteiger partial charge on any atom is -0.350 e. The van der Waals surface area contributed by atoms with Crippen LogP contribution in [0.1, 0.15) is 51.7 Å². The van der Waals surface area contributed by atoms with E-state index in [0.717, 1.165) is 16.7 Å². The van der Waals surface area contributed by atoms with E-state index in [9.17, 15) is 9.59 Å². The Labute approximate surface area is 179 Å². The number of nitrogens with one attached hydrogen (secondary N) is 2. The van der Waals surface area contributed by atoms with Gasteiger partial charge in [-0.25, -0.2) is 0 Å². The first-order valence-electron chi connectivity index (χ1n) is 10.1. The lowest BCUT2D eigenvalue weighted by atomic mass is 9.80. The summed E-state index contributed by atoms with van der Waals surface area (Å²) in [6.07, 6.45) is 0. The van der Waals surface area contributed by atoms with Crippen molar-refractivity contribution in [3.05, 3.63) is 58.6 Å². The van der Waals surface area contributed by atoms with Crippen molar-refractivity contribution < 1.29 is 9.59 Å². The van der Waals surface area contributed by atoms with E-state index in [0.29, 0.717) is 29.3 Å². The van der Waals surface area contributed by atoms with Crippen molar-refractivity contribution in [3.8, 4) is 11.1 Å². The Balaban J connectivity index is 2.34. The Morgan fingerprint density at radius 1 is 0.966 bits per heavy atom. The first-order chi connectivity index (χ1) is 13.7. The van der Waals surface area contributed by atoms with E-state index in [1.54, 1.807) is 0 Å². The molecule has 0 spiro atoms. The molecule has 0 fully saturated rings. The number of carbonyl (C=O) groups excluding carboxylic acids is 2. The topological polar surface area (TPSA) is 58.2 Å². The molecule has 2 rings (SSSR count). The molecule has 2 N–H and O–H groups in total. The Kier molecular flexibility index (Phi) is 8.27. The Morgan fingerprint density at radius 3 is 2.28 bits per heavy atom. The van der Waals surface area contributed by atoms with Crippen molar-refractivity contribution in [2.24, 2.45) is 11.8 Å². The highest BCUT2D eigenvalue weighted by Crippen LogP contribution is 2.36. The largest absolute Gasteiger partial charge is 0.350 e. The van der Waals surface area contributed by atoms with Gasteiger partial charge in [0.15, 0.2) is 0 Å². The molecule has 0 aliphatic carbocycles. The van der Waals surface area contributed by atoms with Crippen LogP contribution in [0.5, 0.6) is 0 Å². The fourth-order valence-corrected chi connectivity index (χ4v) is 3.54. The lowest BCUT2D eigenvalue weighted by Crippen LogP contribution is -2.35. The molecule has 5 heteroatoms. The lowest BCUT2D eigenvalue weighted by molar-refractivity contribution is -0.125. The maximum atomic E-state index is 12.0. The summed E-state index contributed by atoms with van der Waals surface area (Å²) in [4.78, 5) is 23.0. The van der Waals surface area contributed by atoms with E-state index >= 15 is 0 Å². The monoisotopic (exact) mass is 414 g/mol. The molecule has 0 saturated carbocycles. The van der Waals surface area contributed by atoms with E-state index in [-0.39, 0.29) is 18.4 Å². The molecule has 0 aliphatic rings. The maximum absolute atomic E-state index is 12.0. The van der Waals surface area contributed by atoms with Gasteiger partial charge in [0.1, 0.15) is 0 Å². The number of hydrogen-bond donors (Lipinski definition) is 2. The van der Waals surface area contributed by atoms with Gasteiger partial charge in [-0.15, -0.1) is 0 Å². The van der Waals surface area contributed by atoms with Crippen molar-refractivity contribution in [3.63, 3.8) is 0 Å². The van der Waals surface area contributed by atoms with Crippen LogP contribution in [0.2, 0.25) is 5.02 Å². The molecule has 156 valence electrons. The summed E-state index contributed by atoms with van der Waals surface area (Å²) in [7, 11) is 0. The summed E-state index contributed by atoms with van der Waals surface area (Å²) >= 11 is 6.49. The van der Waals surface area contributed by atoms with Gasteiger partial charge in [0, 0.05) is 24.1 Å². The van der Waals surface area contributed by atoms with Crippen molar-refractivity contribution in [1.29, 1.82) is 0 Å². The van der Waals surface area contributed by atoms with Crippen molar-refractivity contribution in [2.45, 2.75) is 47.1 Å². The lowest BCUT2D eigenvalue weighted by Gasteiger charge is -2.25. The third-order valence-corrected chi connectivity index (χ3v) is 5.97. The van der Waals surface area contributed by atoms with Crippen LogP contribution >= 0.6 is 11.6 Å². The van der Waals surface area contributed by atoms with Crippen LogP contribution in [0, 0.1) is 11.8 Å². The van der Waals surface area contributed by atoms with Gasteiger partial charge in [-0.1, -0.05) is 75.7 Å². The minimum atomic E-state index is -0.227. The first-order valence-corrected chi connectivity index (χ1v) is 10.5. The molecule has 2 atom stereocenters. The molecule has 0 aromatic heterocycles. The molecule has 0 aliphatic heterocycles. The van der Waals surface area contributed by atoms with E-state index in [1.165, 1.54) is 12.5 Å². The molecule has 2 aromatic rings. The normalized spacial score (nSPS) is 13.1. The van der Waals surface area contributed by atoms with Crippen LogP contribution in [0.25, 0.3) is 11.1 Å². The maximum Gasteiger partial charge on any atom is 0.239 e. The second-order valence-electron chi connectivity index (χ2n) is 7.97.